The number of thiazole rings is 1. The van der Waals surface area contributed by atoms with E-state index < -0.39 is 23.5 Å². The van der Waals surface area contributed by atoms with Gasteiger partial charge in [-0.1, -0.05) is 17.7 Å². The van der Waals surface area contributed by atoms with E-state index in [9.17, 15) is 18.8 Å². The summed E-state index contributed by atoms with van der Waals surface area (Å²) in [6, 6.07) is 8.76. The van der Waals surface area contributed by atoms with E-state index in [1.54, 1.807) is 16.3 Å². The quantitative estimate of drug-likeness (QED) is 0.387. The van der Waals surface area contributed by atoms with Gasteiger partial charge in [0.15, 0.2) is 0 Å². The number of piperidine rings is 1. The summed E-state index contributed by atoms with van der Waals surface area (Å²) in [5.41, 5.74) is 5.95. The molecule has 0 spiro atoms. The fourth-order valence-corrected chi connectivity index (χ4v) is 5.16. The van der Waals surface area contributed by atoms with Crippen LogP contribution in [0.4, 0.5) is 4.39 Å². The molecule has 0 unspecified atom stereocenters. The molecule has 1 fully saturated rings. The normalized spacial score (nSPS) is 14.1. The van der Waals surface area contributed by atoms with Gasteiger partial charge in [0.05, 0.1) is 15.6 Å². The largest absolute Gasteiger partial charge is 0.338 e. The molecule has 10 nitrogen and oxygen atoms in total. The lowest BCUT2D eigenvalue weighted by atomic mass is 9.97. The zero-order valence-electron chi connectivity index (χ0n) is 18.5. The second kappa shape index (κ2) is 9.99. The first-order chi connectivity index (χ1) is 17.4. The van der Waals surface area contributed by atoms with Gasteiger partial charge in [-0.3, -0.25) is 25.2 Å². The summed E-state index contributed by atoms with van der Waals surface area (Å²) >= 11 is 7.36. The van der Waals surface area contributed by atoms with Crippen LogP contribution >= 0.6 is 22.9 Å². The Morgan fingerprint density at radius 1 is 1.06 bits per heavy atom. The van der Waals surface area contributed by atoms with Crippen LogP contribution in [-0.2, 0) is 0 Å². The molecule has 2 N–H and O–H groups in total. The summed E-state index contributed by atoms with van der Waals surface area (Å²) in [5, 5.41) is 9.81. The van der Waals surface area contributed by atoms with Crippen LogP contribution in [0, 0.1) is 5.82 Å². The first-order valence-corrected chi connectivity index (χ1v) is 12.2. The van der Waals surface area contributed by atoms with Crippen molar-refractivity contribution >= 4 is 51.7 Å². The topological polar surface area (TPSA) is 130 Å². The van der Waals surface area contributed by atoms with Gasteiger partial charge in [0.25, 0.3) is 17.7 Å². The lowest BCUT2D eigenvalue weighted by molar-refractivity contribution is 0.0708. The number of carbonyl (C=O) groups is 3. The molecule has 13 heteroatoms. The molecule has 4 aromatic rings. The second-order valence-electron chi connectivity index (χ2n) is 8.11. The number of amides is 3. The minimum Gasteiger partial charge on any atom is -0.338 e. The van der Waals surface area contributed by atoms with Gasteiger partial charge in [-0.05, 0) is 53.5 Å². The number of rotatable bonds is 4. The van der Waals surface area contributed by atoms with Gasteiger partial charge in [0.2, 0.25) is 0 Å². The van der Waals surface area contributed by atoms with E-state index >= 15 is 0 Å². The van der Waals surface area contributed by atoms with Gasteiger partial charge in [0, 0.05) is 30.0 Å². The molecule has 3 heterocycles. The summed E-state index contributed by atoms with van der Waals surface area (Å²) in [6.45, 7) is 0.827. The number of hydrogen-bond acceptors (Lipinski definition) is 8. The summed E-state index contributed by atoms with van der Waals surface area (Å²) in [6.07, 6.45) is 1.23. The minimum atomic E-state index is -0.645. The van der Waals surface area contributed by atoms with E-state index in [1.807, 2.05) is 0 Å². The van der Waals surface area contributed by atoms with Crippen molar-refractivity contribution in [2.75, 3.05) is 13.1 Å². The molecule has 36 heavy (non-hydrogen) atoms. The highest BCUT2D eigenvalue weighted by Gasteiger charge is 2.29. The summed E-state index contributed by atoms with van der Waals surface area (Å²) in [4.78, 5) is 43.6. The Balaban J connectivity index is 1.15. The molecular weight excluding hydrogens is 511 g/mol. The van der Waals surface area contributed by atoms with Crippen LogP contribution in [-0.4, -0.2) is 51.0 Å². The highest BCUT2D eigenvalue weighted by molar-refractivity contribution is 7.09. The van der Waals surface area contributed by atoms with Gasteiger partial charge >= 0.3 is 0 Å². The third-order valence-corrected chi connectivity index (χ3v) is 7.19. The van der Waals surface area contributed by atoms with Crippen LogP contribution in [0.3, 0.4) is 0 Å². The highest BCUT2D eigenvalue weighted by atomic mass is 35.5. The molecule has 0 saturated carbocycles. The van der Waals surface area contributed by atoms with Crippen LogP contribution < -0.4 is 10.9 Å². The molecule has 1 aliphatic rings. The minimum absolute atomic E-state index is 0.0501. The fraction of sp³-hybridized carbons (Fsp3) is 0.217. The summed E-state index contributed by atoms with van der Waals surface area (Å²) in [7, 11) is 0. The van der Waals surface area contributed by atoms with Gasteiger partial charge in [0.1, 0.15) is 22.5 Å². The number of fused-ring (bicyclic) bond motifs is 1. The van der Waals surface area contributed by atoms with E-state index in [0.29, 0.717) is 37.0 Å². The fourth-order valence-electron chi connectivity index (χ4n) is 3.94. The van der Waals surface area contributed by atoms with E-state index in [-0.39, 0.29) is 27.8 Å². The summed E-state index contributed by atoms with van der Waals surface area (Å²) < 4.78 is 18.7. The number of halogens is 2. The van der Waals surface area contributed by atoms with E-state index in [4.69, 9.17) is 11.6 Å². The molecular formula is C23H18ClFN6O4S. The van der Waals surface area contributed by atoms with Crippen molar-refractivity contribution in [2.45, 2.75) is 18.8 Å². The van der Waals surface area contributed by atoms with E-state index in [0.717, 1.165) is 5.01 Å². The zero-order valence-corrected chi connectivity index (χ0v) is 20.1. The van der Waals surface area contributed by atoms with Crippen molar-refractivity contribution in [3.05, 3.63) is 74.4 Å². The van der Waals surface area contributed by atoms with Crippen LogP contribution in [0.25, 0.3) is 11.0 Å². The van der Waals surface area contributed by atoms with Gasteiger partial charge in [-0.15, -0.1) is 11.3 Å². The molecule has 3 amide bonds. The van der Waals surface area contributed by atoms with Crippen LogP contribution in [0.1, 0.15) is 55.0 Å². The van der Waals surface area contributed by atoms with Gasteiger partial charge in [-0.25, -0.2) is 14.0 Å². The predicted molar refractivity (Wildman–Crippen MR) is 128 cm³/mol. The van der Waals surface area contributed by atoms with Crippen molar-refractivity contribution in [3.8, 4) is 0 Å². The lowest BCUT2D eigenvalue weighted by Gasteiger charge is -2.31. The van der Waals surface area contributed by atoms with Crippen molar-refractivity contribution < 1.29 is 23.4 Å². The van der Waals surface area contributed by atoms with Crippen LogP contribution in [0.15, 0.2) is 46.4 Å². The number of carbonyl (C=O) groups excluding carboxylic acids is 3. The second-order valence-corrected chi connectivity index (χ2v) is 9.41. The molecule has 184 valence electrons. The molecule has 0 bridgehead atoms. The van der Waals surface area contributed by atoms with Crippen molar-refractivity contribution in [3.63, 3.8) is 0 Å². The molecule has 2 aromatic heterocycles. The molecule has 2 aromatic carbocycles. The standard InChI is InChI=1S/C23H18ClFN6O4S/c24-14-2-1-3-15(25)19(14)23(34)31-8-6-12(7-9-31)22-26-18(11-36-22)21(33)28-27-20(32)13-4-5-16-17(10-13)30-35-29-16/h1-5,10-12H,6-9H2,(H,27,32)(H,28,33). The Labute approximate surface area is 212 Å². The van der Waals surface area contributed by atoms with Crippen LogP contribution in [0.2, 0.25) is 5.02 Å². The maximum Gasteiger partial charge on any atom is 0.289 e. The van der Waals surface area contributed by atoms with Gasteiger partial charge < -0.3 is 4.90 Å². The lowest BCUT2D eigenvalue weighted by Crippen LogP contribution is -2.41. The number of nitrogens with one attached hydrogen (secondary N) is 2. The molecule has 0 atom stereocenters. The highest BCUT2D eigenvalue weighted by Crippen LogP contribution is 2.32. The third kappa shape index (κ3) is 4.77. The Morgan fingerprint density at radius 2 is 1.81 bits per heavy atom. The molecule has 5 rings (SSSR count). The number of hydrazine groups is 1. The first kappa shape index (κ1) is 23.8. The average Bonchev–Trinajstić information content (AvgIpc) is 3.56. The van der Waals surface area contributed by atoms with Crippen molar-refractivity contribution in [1.82, 2.24) is 31.0 Å². The monoisotopic (exact) mass is 528 g/mol. The number of likely N-dealkylation sites (tertiary alicyclic amines) is 1. The molecule has 0 radical (unpaired) electrons. The molecule has 1 saturated heterocycles. The zero-order chi connectivity index (χ0) is 25.2. The van der Waals surface area contributed by atoms with E-state index in [2.05, 4.69) is 30.8 Å². The van der Waals surface area contributed by atoms with Crippen molar-refractivity contribution in [2.24, 2.45) is 0 Å². The number of hydrogen-bond donors (Lipinski definition) is 2. The summed E-state index contributed by atoms with van der Waals surface area (Å²) in [5.74, 6) is -2.12. The Bertz CT molecular complexity index is 1450. The maximum absolute atomic E-state index is 14.1. The average molecular weight is 529 g/mol. The Morgan fingerprint density at radius 3 is 2.58 bits per heavy atom. The molecule has 0 aliphatic carbocycles. The first-order valence-electron chi connectivity index (χ1n) is 10.9. The predicted octanol–water partition coefficient (Wildman–Crippen LogP) is 3.57. The van der Waals surface area contributed by atoms with Crippen LogP contribution in [0.5, 0.6) is 0 Å². The SMILES string of the molecule is O=C(NNC(=O)c1csc(C2CCN(C(=O)c3c(F)cccc3Cl)CC2)n1)c1ccc2nonc2c1. The maximum atomic E-state index is 14.1. The number of benzene rings is 2. The third-order valence-electron chi connectivity index (χ3n) is 5.87. The smallest absolute Gasteiger partial charge is 0.289 e. The van der Waals surface area contributed by atoms with E-state index in [1.165, 1.54) is 41.7 Å². The number of aromatic nitrogens is 3. The molecule has 1 aliphatic heterocycles. The Kier molecular flexibility index (Phi) is 6.61. The van der Waals surface area contributed by atoms with Gasteiger partial charge in [-0.2, -0.15) is 0 Å². The number of nitrogens with zero attached hydrogens (tertiary/aromatic N) is 4. The van der Waals surface area contributed by atoms with Crippen molar-refractivity contribution in [1.29, 1.82) is 0 Å². The Hall–Kier alpha value is -3.90.